The average molecular weight is 585 g/mol. The molecule has 2 fully saturated rings. The number of nitrogens with one attached hydrogen (secondary N) is 1. The van der Waals surface area contributed by atoms with Crippen LogP contribution in [0.5, 0.6) is 0 Å². The maximum Gasteiger partial charge on any atom is 0.414 e. The molecule has 10 nitrogen and oxygen atoms in total. The van der Waals surface area contributed by atoms with E-state index in [2.05, 4.69) is 33.2 Å². The van der Waals surface area contributed by atoms with Crippen LogP contribution in [-0.2, 0) is 11.2 Å². The van der Waals surface area contributed by atoms with Crippen LogP contribution in [0, 0.1) is 6.92 Å². The number of fused-ring (bicyclic) bond motifs is 4. The highest BCUT2D eigenvalue weighted by Crippen LogP contribution is 2.39. The minimum absolute atomic E-state index is 0.308. The number of likely N-dealkylation sites (N-methyl/N-ethyl adjacent to an activating group) is 1. The molecule has 6 heterocycles. The van der Waals surface area contributed by atoms with Gasteiger partial charge in [-0.3, -0.25) is 9.80 Å². The number of carbonyl (C=O) groups is 1. The van der Waals surface area contributed by atoms with Crippen LogP contribution in [-0.4, -0.2) is 75.3 Å². The van der Waals surface area contributed by atoms with Crippen LogP contribution in [0.4, 0.5) is 28.1 Å². The smallest absolute Gasteiger partial charge is 0.414 e. The minimum atomic E-state index is -0.547. The summed E-state index contributed by atoms with van der Waals surface area (Å²) in [6.45, 7) is 10.4. The molecule has 1 N–H and O–H groups in total. The second-order valence-corrected chi connectivity index (χ2v) is 13.6. The number of anilines is 4. The number of aromatic nitrogens is 4. The summed E-state index contributed by atoms with van der Waals surface area (Å²) in [5, 5.41) is 4.31. The first-order valence-electron chi connectivity index (χ1n) is 14.6. The van der Waals surface area contributed by atoms with Crippen LogP contribution < -0.4 is 15.1 Å². The number of rotatable bonds is 4. The minimum Gasteiger partial charge on any atom is -0.443 e. The van der Waals surface area contributed by atoms with Crippen molar-refractivity contribution in [3.8, 4) is 10.6 Å². The fourth-order valence-electron chi connectivity index (χ4n) is 6.34. The van der Waals surface area contributed by atoms with Crippen LogP contribution in [0.2, 0.25) is 0 Å². The Morgan fingerprint density at radius 3 is 2.71 bits per heavy atom. The van der Waals surface area contributed by atoms with Crippen molar-refractivity contribution in [3.63, 3.8) is 0 Å². The Kier molecular flexibility index (Phi) is 6.54. The summed E-state index contributed by atoms with van der Waals surface area (Å²) in [5.74, 6) is 2.21. The van der Waals surface area contributed by atoms with E-state index in [1.54, 1.807) is 16.2 Å². The van der Waals surface area contributed by atoms with Gasteiger partial charge in [0.05, 0.1) is 15.9 Å². The fraction of sp³-hybridized carbons (Fsp3) is 0.452. The number of hydrogen-bond donors (Lipinski definition) is 1. The van der Waals surface area contributed by atoms with Gasteiger partial charge < -0.3 is 15.0 Å². The molecule has 2 atom stereocenters. The van der Waals surface area contributed by atoms with Gasteiger partial charge in [0.15, 0.2) is 0 Å². The van der Waals surface area contributed by atoms with Crippen molar-refractivity contribution in [2.24, 2.45) is 0 Å². The third-order valence-corrected chi connectivity index (χ3v) is 9.28. The number of pyridine rings is 1. The molecular formula is C31H36N8O2S. The maximum absolute atomic E-state index is 13.0. The monoisotopic (exact) mass is 584 g/mol. The number of amides is 1. The van der Waals surface area contributed by atoms with E-state index in [1.807, 2.05) is 58.2 Å². The lowest BCUT2D eigenvalue weighted by molar-refractivity contribution is 0.0578. The average Bonchev–Trinajstić information content (AvgIpc) is 3.65. The van der Waals surface area contributed by atoms with Gasteiger partial charge in [-0.1, -0.05) is 12.1 Å². The second kappa shape index (κ2) is 10.2. The largest absolute Gasteiger partial charge is 0.443 e. The number of benzene rings is 1. The maximum atomic E-state index is 13.0. The summed E-state index contributed by atoms with van der Waals surface area (Å²) in [6.07, 6.45) is 4.49. The highest BCUT2D eigenvalue weighted by atomic mass is 32.1. The molecule has 7 rings (SSSR count). The van der Waals surface area contributed by atoms with Gasteiger partial charge in [-0.25, -0.2) is 19.7 Å². The normalized spacial score (nSPS) is 20.3. The second-order valence-electron chi connectivity index (χ2n) is 12.5. The number of likely N-dealkylation sites (tertiary alicyclic amines) is 1. The number of ether oxygens (including phenoxy) is 1. The Morgan fingerprint density at radius 2 is 1.95 bits per heavy atom. The molecule has 2 bridgehead atoms. The molecular weight excluding hydrogens is 548 g/mol. The fourth-order valence-corrected chi connectivity index (χ4v) is 7.31. The molecule has 0 unspecified atom stereocenters. The molecule has 3 aliphatic heterocycles. The first kappa shape index (κ1) is 27.0. The van der Waals surface area contributed by atoms with E-state index in [0.29, 0.717) is 24.4 Å². The van der Waals surface area contributed by atoms with E-state index in [1.165, 1.54) is 6.42 Å². The molecule has 3 aliphatic rings. The van der Waals surface area contributed by atoms with Crippen molar-refractivity contribution in [1.29, 1.82) is 0 Å². The Labute approximate surface area is 249 Å². The molecule has 3 aromatic heterocycles. The first-order chi connectivity index (χ1) is 20.1. The molecule has 0 aliphatic carbocycles. The number of carbonyl (C=O) groups excluding carboxylic acids is 1. The lowest BCUT2D eigenvalue weighted by Crippen LogP contribution is -2.45. The van der Waals surface area contributed by atoms with Gasteiger partial charge in [0.1, 0.15) is 22.2 Å². The summed E-state index contributed by atoms with van der Waals surface area (Å²) in [5.41, 5.74) is 4.33. The predicted molar refractivity (Wildman–Crippen MR) is 167 cm³/mol. The number of aryl methyl sites for hydroxylation is 1. The number of piperazine rings is 1. The molecule has 2 saturated heterocycles. The third kappa shape index (κ3) is 5.05. The van der Waals surface area contributed by atoms with E-state index in [0.717, 1.165) is 75.4 Å². The van der Waals surface area contributed by atoms with Gasteiger partial charge in [-0.2, -0.15) is 4.98 Å². The number of nitrogens with zero attached hydrogens (tertiary/aromatic N) is 7. The zero-order chi connectivity index (χ0) is 29.2. The number of hydrogen-bond acceptors (Lipinski definition) is 10. The van der Waals surface area contributed by atoms with Gasteiger partial charge in [0.25, 0.3) is 0 Å². The van der Waals surface area contributed by atoms with Crippen molar-refractivity contribution in [2.75, 3.05) is 41.8 Å². The van der Waals surface area contributed by atoms with Crippen LogP contribution in [0.3, 0.4) is 0 Å². The highest BCUT2D eigenvalue weighted by Gasteiger charge is 2.42. The van der Waals surface area contributed by atoms with E-state index in [4.69, 9.17) is 19.7 Å². The molecule has 218 valence electrons. The Balaban J connectivity index is 1.15. The van der Waals surface area contributed by atoms with E-state index >= 15 is 0 Å². The highest BCUT2D eigenvalue weighted by molar-refractivity contribution is 7.21. The number of thiazole rings is 1. The Morgan fingerprint density at radius 1 is 1.10 bits per heavy atom. The zero-order valence-corrected chi connectivity index (χ0v) is 25.5. The zero-order valence-electron chi connectivity index (χ0n) is 24.7. The molecule has 4 aromatic rings. The molecule has 1 amide bonds. The summed E-state index contributed by atoms with van der Waals surface area (Å²) < 4.78 is 6.70. The Hall–Kier alpha value is -3.83. The Bertz CT molecular complexity index is 1680. The summed E-state index contributed by atoms with van der Waals surface area (Å²) in [4.78, 5) is 38.8. The van der Waals surface area contributed by atoms with Gasteiger partial charge in [0.2, 0.25) is 5.95 Å². The van der Waals surface area contributed by atoms with E-state index in [-0.39, 0.29) is 6.09 Å². The van der Waals surface area contributed by atoms with E-state index in [9.17, 15) is 4.79 Å². The molecule has 0 saturated carbocycles. The van der Waals surface area contributed by atoms with Crippen molar-refractivity contribution >= 4 is 50.9 Å². The summed E-state index contributed by atoms with van der Waals surface area (Å²) >= 11 is 1.61. The third-order valence-electron chi connectivity index (χ3n) is 8.24. The molecule has 0 spiro atoms. The molecule has 11 heteroatoms. The quantitative estimate of drug-likeness (QED) is 0.320. The van der Waals surface area contributed by atoms with Crippen molar-refractivity contribution in [3.05, 3.63) is 47.8 Å². The van der Waals surface area contributed by atoms with Crippen LogP contribution in [0.25, 0.3) is 20.8 Å². The standard InChI is InChI=1S/C31H36N8O2S/c1-18-12-27(36-29(33-18)39-17-19-13-20(39)16-37(19)5)35-26-14-23-25(15-32-26)42-28(34-23)22-8-6-10-24-21(22)9-7-11-38(24)30(40)41-31(2,3)4/h6,8,10,12,14-15,19-20H,7,9,11,13,16-17H2,1-5H3,(H,32,33,35,36)/t19-,20-/m0/s1. The van der Waals surface area contributed by atoms with Crippen LogP contribution in [0.1, 0.15) is 44.9 Å². The van der Waals surface area contributed by atoms with Crippen molar-refractivity contribution in [1.82, 2.24) is 24.8 Å². The summed E-state index contributed by atoms with van der Waals surface area (Å²) in [6, 6.07) is 11.1. The topological polar surface area (TPSA) is 99.6 Å². The van der Waals surface area contributed by atoms with Gasteiger partial charge in [-0.15, -0.1) is 11.3 Å². The van der Waals surface area contributed by atoms with Gasteiger partial charge >= 0.3 is 6.09 Å². The molecule has 42 heavy (non-hydrogen) atoms. The summed E-state index contributed by atoms with van der Waals surface area (Å²) in [7, 11) is 2.20. The van der Waals surface area contributed by atoms with Crippen molar-refractivity contribution < 1.29 is 9.53 Å². The SMILES string of the molecule is Cc1cc(Nc2cc3nc(-c4cccc5c4CCCN5C(=O)OC(C)(C)C)sc3cn2)nc(N2C[C@@H]3C[C@H]2CN3C)n1. The predicted octanol–water partition coefficient (Wildman–Crippen LogP) is 5.78. The van der Waals surface area contributed by atoms with Gasteiger partial charge in [-0.05, 0) is 65.6 Å². The molecule has 1 aromatic carbocycles. The first-order valence-corrected chi connectivity index (χ1v) is 15.4. The van der Waals surface area contributed by atoms with Crippen LogP contribution >= 0.6 is 11.3 Å². The lowest BCUT2D eigenvalue weighted by Gasteiger charge is -2.32. The van der Waals surface area contributed by atoms with Crippen molar-refractivity contribution in [2.45, 2.75) is 64.6 Å². The molecule has 0 radical (unpaired) electrons. The van der Waals surface area contributed by atoms with Crippen LogP contribution in [0.15, 0.2) is 36.5 Å². The van der Waals surface area contributed by atoms with E-state index < -0.39 is 5.60 Å². The van der Waals surface area contributed by atoms with Gasteiger partial charge in [0, 0.05) is 61.3 Å². The lowest BCUT2D eigenvalue weighted by atomic mass is 9.96.